The number of hydrogen-bond acceptors (Lipinski definition) is 8. The van der Waals surface area contributed by atoms with Gasteiger partial charge in [0.05, 0.1) is 23.2 Å². The molecule has 3 aromatic heterocycles. The normalized spacial score (nSPS) is 11.3. The molecule has 9 nitrogen and oxygen atoms in total. The molecule has 0 saturated carbocycles. The summed E-state index contributed by atoms with van der Waals surface area (Å²) in [6.07, 6.45) is 3.16. The number of nitrogens with zero attached hydrogens (tertiary/aromatic N) is 7. The molecule has 5 rings (SSSR count). The Bertz CT molecular complexity index is 1490. The van der Waals surface area contributed by atoms with Crippen molar-refractivity contribution in [2.24, 2.45) is 5.10 Å². The molecule has 0 atom stereocenters. The molecule has 0 bridgehead atoms. The van der Waals surface area contributed by atoms with Gasteiger partial charge in [-0.15, -0.1) is 5.10 Å². The number of rotatable bonds is 6. The van der Waals surface area contributed by atoms with Crippen molar-refractivity contribution in [2.75, 3.05) is 5.43 Å². The van der Waals surface area contributed by atoms with E-state index in [2.05, 4.69) is 31.0 Å². The molecule has 3 heterocycles. The molecule has 10 heteroatoms. The molecule has 5 aromatic rings. The monoisotopic (exact) mass is 454 g/mol. The van der Waals surface area contributed by atoms with Gasteiger partial charge in [0.25, 0.3) is 5.56 Å². The Kier molecular flexibility index (Phi) is 5.64. The lowest BCUT2D eigenvalue weighted by molar-refractivity contribution is 0.755. The van der Waals surface area contributed by atoms with Crippen molar-refractivity contribution in [1.82, 2.24) is 29.6 Å². The Morgan fingerprint density at radius 1 is 1.00 bits per heavy atom. The summed E-state index contributed by atoms with van der Waals surface area (Å²) >= 11 is 1.20. The summed E-state index contributed by atoms with van der Waals surface area (Å²) in [7, 11) is 0. The number of aromatic nitrogens is 6. The van der Waals surface area contributed by atoms with Gasteiger partial charge < -0.3 is 0 Å². The molecule has 0 aliphatic heterocycles. The molecular weight excluding hydrogens is 436 g/mol. The Morgan fingerprint density at radius 2 is 1.79 bits per heavy atom. The Balaban J connectivity index is 1.54. The topological polar surface area (TPSA) is 102 Å². The van der Waals surface area contributed by atoms with Gasteiger partial charge in [0.2, 0.25) is 5.16 Å². The fourth-order valence-corrected chi connectivity index (χ4v) is 4.00. The van der Waals surface area contributed by atoms with E-state index in [4.69, 9.17) is 0 Å². The van der Waals surface area contributed by atoms with E-state index in [-0.39, 0.29) is 5.56 Å². The Hall–Kier alpha value is -4.31. The molecule has 162 valence electrons. The highest BCUT2D eigenvalue weighted by Crippen LogP contribution is 2.27. The van der Waals surface area contributed by atoms with Crippen molar-refractivity contribution >= 4 is 29.3 Å². The number of benzene rings is 2. The number of fused-ring (bicyclic) bond motifs is 1. The molecule has 0 saturated heterocycles. The van der Waals surface area contributed by atoms with Crippen LogP contribution in [0.5, 0.6) is 0 Å². The van der Waals surface area contributed by atoms with Crippen LogP contribution in [-0.2, 0) is 0 Å². The third-order valence-electron chi connectivity index (χ3n) is 4.80. The summed E-state index contributed by atoms with van der Waals surface area (Å²) in [5.41, 5.74) is 6.33. The zero-order chi connectivity index (χ0) is 22.6. The van der Waals surface area contributed by atoms with Crippen molar-refractivity contribution < 1.29 is 0 Å². The third-order valence-corrected chi connectivity index (χ3v) is 5.74. The predicted octanol–water partition coefficient (Wildman–Crippen LogP) is 3.58. The molecule has 0 amide bonds. The molecule has 2 aromatic carbocycles. The van der Waals surface area contributed by atoms with Crippen LogP contribution in [0.4, 0.5) is 5.69 Å². The second-order valence-corrected chi connectivity index (χ2v) is 8.07. The smallest absolute Gasteiger partial charge is 0.267 e. The van der Waals surface area contributed by atoms with Crippen LogP contribution in [0, 0.1) is 6.92 Å². The Morgan fingerprint density at radius 3 is 2.61 bits per heavy atom. The minimum atomic E-state index is -0.240. The minimum Gasteiger partial charge on any atom is -0.278 e. The number of tetrazole rings is 1. The molecule has 0 unspecified atom stereocenters. The van der Waals surface area contributed by atoms with Crippen LogP contribution < -0.4 is 11.0 Å². The van der Waals surface area contributed by atoms with Crippen LogP contribution in [0.15, 0.2) is 99.1 Å². The summed E-state index contributed by atoms with van der Waals surface area (Å²) in [5.74, 6) is 0. The lowest BCUT2D eigenvalue weighted by Crippen LogP contribution is -2.21. The van der Waals surface area contributed by atoms with Gasteiger partial charge in [-0.2, -0.15) is 9.78 Å². The fourth-order valence-electron chi connectivity index (χ4n) is 3.13. The van der Waals surface area contributed by atoms with E-state index < -0.39 is 0 Å². The van der Waals surface area contributed by atoms with Crippen molar-refractivity contribution in [3.8, 4) is 5.69 Å². The van der Waals surface area contributed by atoms with Crippen molar-refractivity contribution in [2.45, 2.75) is 17.1 Å². The Labute approximate surface area is 192 Å². The van der Waals surface area contributed by atoms with Gasteiger partial charge in [-0.25, -0.2) is 4.98 Å². The van der Waals surface area contributed by atoms with E-state index in [1.165, 1.54) is 22.4 Å². The van der Waals surface area contributed by atoms with Crippen LogP contribution in [-0.4, -0.2) is 35.8 Å². The zero-order valence-corrected chi connectivity index (χ0v) is 18.3. The van der Waals surface area contributed by atoms with E-state index in [0.29, 0.717) is 21.4 Å². The minimum absolute atomic E-state index is 0.240. The maximum Gasteiger partial charge on any atom is 0.267 e. The number of anilines is 1. The first-order chi connectivity index (χ1) is 16.2. The maximum atomic E-state index is 13.3. The van der Waals surface area contributed by atoms with Gasteiger partial charge in [-0.05, 0) is 65.5 Å². The summed E-state index contributed by atoms with van der Waals surface area (Å²) in [6, 6.07) is 22.7. The number of para-hydroxylation sites is 1. The third kappa shape index (κ3) is 4.37. The van der Waals surface area contributed by atoms with E-state index in [0.717, 1.165) is 16.9 Å². The number of hydrogen-bond donors (Lipinski definition) is 1. The second kappa shape index (κ2) is 9.05. The molecule has 0 aliphatic rings. The number of pyridine rings is 1. The molecule has 0 fully saturated rings. The van der Waals surface area contributed by atoms with Gasteiger partial charge in [0.1, 0.15) is 10.7 Å². The second-order valence-electron chi connectivity index (χ2n) is 7.11. The fraction of sp³-hybridized carbons (Fsp3) is 0.0435. The quantitative estimate of drug-likeness (QED) is 0.238. The van der Waals surface area contributed by atoms with E-state index >= 15 is 0 Å². The van der Waals surface area contributed by atoms with Gasteiger partial charge >= 0.3 is 0 Å². The highest BCUT2D eigenvalue weighted by molar-refractivity contribution is 7.99. The lowest BCUT2D eigenvalue weighted by Gasteiger charge is -2.08. The molecule has 33 heavy (non-hydrogen) atoms. The summed E-state index contributed by atoms with van der Waals surface area (Å²) in [5, 5.41) is 17.2. The van der Waals surface area contributed by atoms with Gasteiger partial charge in [0.15, 0.2) is 0 Å². The highest BCUT2D eigenvalue weighted by atomic mass is 32.2. The lowest BCUT2D eigenvalue weighted by atomic mass is 10.2. The summed E-state index contributed by atoms with van der Waals surface area (Å²) in [4.78, 5) is 17.9. The highest BCUT2D eigenvalue weighted by Gasteiger charge is 2.17. The van der Waals surface area contributed by atoms with Crippen LogP contribution in [0.25, 0.3) is 11.3 Å². The first-order valence-corrected chi connectivity index (χ1v) is 10.9. The standard InChI is InChI=1S/C23H18N8OS/c1-16-10-12-17(13-11-16)26-24-15-19-21(25-20-9-5-6-14-30(20)22(19)32)33-23-27-28-29-31(23)18-7-3-2-4-8-18/h2-15,26H,1H3. The molecule has 0 radical (unpaired) electrons. The van der Waals surface area contributed by atoms with Crippen LogP contribution >= 0.6 is 11.8 Å². The van der Waals surface area contributed by atoms with E-state index in [1.807, 2.05) is 67.6 Å². The van der Waals surface area contributed by atoms with Gasteiger partial charge in [-0.3, -0.25) is 14.6 Å². The van der Waals surface area contributed by atoms with Crippen molar-refractivity contribution in [3.05, 3.63) is 100 Å². The number of aryl methyl sites for hydroxylation is 1. The van der Waals surface area contributed by atoms with Crippen LogP contribution in [0.3, 0.4) is 0 Å². The maximum absolute atomic E-state index is 13.3. The van der Waals surface area contributed by atoms with Gasteiger partial charge in [0, 0.05) is 6.20 Å². The summed E-state index contributed by atoms with van der Waals surface area (Å²) < 4.78 is 3.09. The van der Waals surface area contributed by atoms with E-state index in [9.17, 15) is 4.79 Å². The van der Waals surface area contributed by atoms with Crippen molar-refractivity contribution in [1.29, 1.82) is 0 Å². The zero-order valence-electron chi connectivity index (χ0n) is 17.5. The number of hydrazone groups is 1. The van der Waals surface area contributed by atoms with Crippen molar-refractivity contribution in [3.63, 3.8) is 0 Å². The molecule has 1 N–H and O–H groups in total. The van der Waals surface area contributed by atoms with Crippen LogP contribution in [0.1, 0.15) is 11.1 Å². The largest absolute Gasteiger partial charge is 0.278 e. The SMILES string of the molecule is Cc1ccc(NN=Cc2c(Sc3nnnn3-c3ccccc3)nc3ccccn3c2=O)cc1. The van der Waals surface area contributed by atoms with Gasteiger partial charge in [-0.1, -0.05) is 42.0 Å². The molecule has 0 spiro atoms. The average Bonchev–Trinajstić information content (AvgIpc) is 3.31. The average molecular weight is 455 g/mol. The summed E-state index contributed by atoms with van der Waals surface area (Å²) in [6.45, 7) is 2.02. The first-order valence-electron chi connectivity index (χ1n) is 10.1. The molecule has 0 aliphatic carbocycles. The molecular formula is C23H18N8OS. The predicted molar refractivity (Wildman–Crippen MR) is 127 cm³/mol. The van der Waals surface area contributed by atoms with Crippen LogP contribution in [0.2, 0.25) is 0 Å². The number of nitrogens with one attached hydrogen (secondary N) is 1. The first kappa shape index (κ1) is 20.6. The van der Waals surface area contributed by atoms with E-state index in [1.54, 1.807) is 23.0 Å².